The molecule has 1 aromatic rings. The highest BCUT2D eigenvalue weighted by molar-refractivity contribution is 5.81. The van der Waals surface area contributed by atoms with Gasteiger partial charge in [0.1, 0.15) is 5.75 Å². The Morgan fingerprint density at radius 2 is 2.00 bits per heavy atom. The second kappa shape index (κ2) is 5.87. The van der Waals surface area contributed by atoms with Crippen LogP contribution in [0.2, 0.25) is 0 Å². The molecule has 4 nitrogen and oxygen atoms in total. The van der Waals surface area contributed by atoms with Gasteiger partial charge in [0.2, 0.25) is 5.91 Å². The van der Waals surface area contributed by atoms with Gasteiger partial charge in [0.15, 0.2) is 0 Å². The second-order valence-electron chi connectivity index (χ2n) is 4.63. The molecule has 1 unspecified atom stereocenters. The van der Waals surface area contributed by atoms with E-state index in [-0.39, 0.29) is 5.91 Å². The summed E-state index contributed by atoms with van der Waals surface area (Å²) in [6, 6.07) is 1.51. The monoisotopic (exact) mass is 250 g/mol. The smallest absolute Gasteiger partial charge is 0.236 e. The molecular formula is C14H22N2O2. The average Bonchev–Trinajstić information content (AvgIpc) is 2.33. The number of hydrogen-bond acceptors (Lipinski definition) is 3. The molecule has 1 rings (SSSR count). The molecule has 0 bridgehead atoms. The van der Waals surface area contributed by atoms with Gasteiger partial charge in [0.05, 0.1) is 13.2 Å². The Bertz CT molecular complexity index is 454. The van der Waals surface area contributed by atoms with Crippen molar-refractivity contribution in [2.45, 2.75) is 40.3 Å². The number of benzene rings is 1. The fourth-order valence-electron chi connectivity index (χ4n) is 1.92. The molecule has 0 saturated carbocycles. The van der Waals surface area contributed by atoms with Gasteiger partial charge in [-0.25, -0.2) is 0 Å². The Hall–Kier alpha value is -1.55. The first kappa shape index (κ1) is 14.5. The molecule has 4 heteroatoms. The van der Waals surface area contributed by atoms with Gasteiger partial charge in [-0.2, -0.15) is 0 Å². The zero-order chi connectivity index (χ0) is 13.9. The number of nitrogens with two attached hydrogens (primary N) is 1. The van der Waals surface area contributed by atoms with Crippen LogP contribution in [0.25, 0.3) is 0 Å². The third-order valence-electron chi connectivity index (χ3n) is 3.28. The summed E-state index contributed by atoms with van der Waals surface area (Å²) in [5.74, 6) is 0.745. The summed E-state index contributed by atoms with van der Waals surface area (Å²) >= 11 is 0. The zero-order valence-electron chi connectivity index (χ0n) is 11.8. The van der Waals surface area contributed by atoms with E-state index in [0.717, 1.165) is 28.0 Å². The van der Waals surface area contributed by atoms with Gasteiger partial charge in [0, 0.05) is 6.54 Å². The van der Waals surface area contributed by atoms with Crippen LogP contribution in [0.4, 0.5) is 0 Å². The van der Waals surface area contributed by atoms with E-state index in [9.17, 15) is 4.79 Å². The van der Waals surface area contributed by atoms with Crippen molar-refractivity contribution in [3.63, 3.8) is 0 Å². The topological polar surface area (TPSA) is 64.3 Å². The van der Waals surface area contributed by atoms with Crippen molar-refractivity contribution in [3.8, 4) is 5.75 Å². The van der Waals surface area contributed by atoms with Crippen LogP contribution in [-0.2, 0) is 11.3 Å². The van der Waals surface area contributed by atoms with Crippen LogP contribution in [0.15, 0.2) is 6.07 Å². The van der Waals surface area contributed by atoms with Crippen LogP contribution in [0.5, 0.6) is 5.75 Å². The van der Waals surface area contributed by atoms with Crippen LogP contribution < -0.4 is 15.8 Å². The van der Waals surface area contributed by atoms with E-state index < -0.39 is 6.04 Å². The molecule has 1 amide bonds. The molecule has 0 aliphatic rings. The first-order valence-electron chi connectivity index (χ1n) is 6.05. The van der Waals surface area contributed by atoms with Crippen molar-refractivity contribution in [2.24, 2.45) is 5.73 Å². The second-order valence-corrected chi connectivity index (χ2v) is 4.63. The van der Waals surface area contributed by atoms with Crippen molar-refractivity contribution < 1.29 is 9.53 Å². The molecule has 1 aromatic carbocycles. The van der Waals surface area contributed by atoms with Crippen molar-refractivity contribution >= 4 is 5.91 Å². The molecule has 0 aromatic heterocycles. The van der Waals surface area contributed by atoms with E-state index in [4.69, 9.17) is 10.5 Å². The van der Waals surface area contributed by atoms with Crippen LogP contribution in [0.3, 0.4) is 0 Å². The van der Waals surface area contributed by atoms with Crippen molar-refractivity contribution in [1.82, 2.24) is 5.32 Å². The molecule has 0 fully saturated rings. The van der Waals surface area contributed by atoms with Crippen molar-refractivity contribution in [2.75, 3.05) is 7.11 Å². The number of methoxy groups -OCH3 is 1. The van der Waals surface area contributed by atoms with Gasteiger partial charge >= 0.3 is 0 Å². The van der Waals surface area contributed by atoms with Crippen molar-refractivity contribution in [1.29, 1.82) is 0 Å². The molecule has 0 heterocycles. The maximum Gasteiger partial charge on any atom is 0.236 e. The summed E-state index contributed by atoms with van der Waals surface area (Å²) < 4.78 is 5.32. The van der Waals surface area contributed by atoms with Crippen LogP contribution in [-0.4, -0.2) is 19.1 Å². The number of ether oxygens (including phenoxy) is 1. The number of hydrogen-bond donors (Lipinski definition) is 2. The molecule has 100 valence electrons. The summed E-state index contributed by atoms with van der Waals surface area (Å²) in [7, 11) is 1.67. The van der Waals surface area contributed by atoms with Gasteiger partial charge in [-0.15, -0.1) is 0 Å². The van der Waals surface area contributed by atoms with E-state index in [1.165, 1.54) is 0 Å². The number of nitrogens with one attached hydrogen (secondary N) is 1. The third kappa shape index (κ3) is 3.01. The van der Waals surface area contributed by atoms with E-state index in [0.29, 0.717) is 6.54 Å². The van der Waals surface area contributed by atoms with Crippen LogP contribution in [0.1, 0.15) is 29.2 Å². The van der Waals surface area contributed by atoms with E-state index in [2.05, 4.69) is 5.32 Å². The van der Waals surface area contributed by atoms with Gasteiger partial charge in [0.25, 0.3) is 0 Å². The van der Waals surface area contributed by atoms with E-state index in [1.807, 2.05) is 26.8 Å². The number of rotatable bonds is 4. The minimum Gasteiger partial charge on any atom is -0.496 e. The highest BCUT2D eigenvalue weighted by Gasteiger charge is 2.12. The molecule has 3 N–H and O–H groups in total. The molecule has 0 saturated heterocycles. The van der Waals surface area contributed by atoms with Gasteiger partial charge < -0.3 is 15.8 Å². The SMILES string of the molecule is COc1cc(C)c(CNC(=O)C(C)N)c(C)c1C. The van der Waals surface area contributed by atoms with Crippen LogP contribution >= 0.6 is 0 Å². The lowest BCUT2D eigenvalue weighted by atomic mass is 9.97. The maximum absolute atomic E-state index is 11.5. The molecule has 0 radical (unpaired) electrons. The van der Waals surface area contributed by atoms with Crippen molar-refractivity contribution in [3.05, 3.63) is 28.3 Å². The molecule has 1 atom stereocenters. The lowest BCUT2D eigenvalue weighted by Crippen LogP contribution is -2.38. The largest absolute Gasteiger partial charge is 0.496 e. The van der Waals surface area contributed by atoms with E-state index in [1.54, 1.807) is 14.0 Å². The molecule has 0 spiro atoms. The first-order valence-corrected chi connectivity index (χ1v) is 6.05. The molecule has 0 aliphatic carbocycles. The van der Waals surface area contributed by atoms with Gasteiger partial charge in [-0.1, -0.05) is 0 Å². The number of aryl methyl sites for hydroxylation is 1. The normalized spacial score (nSPS) is 12.1. The highest BCUT2D eigenvalue weighted by atomic mass is 16.5. The fourth-order valence-corrected chi connectivity index (χ4v) is 1.92. The van der Waals surface area contributed by atoms with Crippen LogP contribution in [0, 0.1) is 20.8 Å². The Labute approximate surface area is 109 Å². The maximum atomic E-state index is 11.5. The minimum absolute atomic E-state index is 0.137. The first-order chi connectivity index (χ1) is 8.38. The molecule has 18 heavy (non-hydrogen) atoms. The van der Waals surface area contributed by atoms with E-state index >= 15 is 0 Å². The fraction of sp³-hybridized carbons (Fsp3) is 0.500. The summed E-state index contributed by atoms with van der Waals surface area (Å²) in [6.45, 7) is 8.25. The predicted octanol–water partition coefficient (Wildman–Crippen LogP) is 1.58. The summed E-state index contributed by atoms with van der Waals surface area (Å²) in [4.78, 5) is 11.5. The average molecular weight is 250 g/mol. The summed E-state index contributed by atoms with van der Waals surface area (Å²) in [5, 5.41) is 2.84. The zero-order valence-corrected chi connectivity index (χ0v) is 11.8. The Morgan fingerprint density at radius 3 is 2.50 bits per heavy atom. The molecule has 0 aliphatic heterocycles. The number of amides is 1. The Balaban J connectivity index is 2.97. The molecular weight excluding hydrogens is 228 g/mol. The quantitative estimate of drug-likeness (QED) is 0.852. The number of carbonyl (C=O) groups is 1. The lowest BCUT2D eigenvalue weighted by molar-refractivity contribution is -0.122. The highest BCUT2D eigenvalue weighted by Crippen LogP contribution is 2.27. The van der Waals surface area contributed by atoms with Gasteiger partial charge in [-0.3, -0.25) is 4.79 Å². The summed E-state index contributed by atoms with van der Waals surface area (Å²) in [5.41, 5.74) is 10.0. The predicted molar refractivity (Wildman–Crippen MR) is 72.7 cm³/mol. The minimum atomic E-state index is -0.482. The Morgan fingerprint density at radius 1 is 1.39 bits per heavy atom. The standard InChI is InChI=1S/C14H22N2O2/c1-8-6-13(18-5)10(3)9(2)12(8)7-16-14(17)11(4)15/h6,11H,7,15H2,1-5H3,(H,16,17). The van der Waals surface area contributed by atoms with Gasteiger partial charge in [-0.05, 0) is 56.0 Å². The lowest BCUT2D eigenvalue weighted by Gasteiger charge is -2.17. The Kier molecular flexibility index (Phi) is 4.73. The third-order valence-corrected chi connectivity index (χ3v) is 3.28. The number of carbonyl (C=O) groups excluding carboxylic acids is 1. The summed E-state index contributed by atoms with van der Waals surface area (Å²) in [6.07, 6.45) is 0.